The second kappa shape index (κ2) is 7.23. The lowest BCUT2D eigenvalue weighted by molar-refractivity contribution is 0.106. The molecular formula is C17H24N4O3S. The number of benzene rings is 1. The van der Waals surface area contributed by atoms with E-state index in [0.717, 1.165) is 49.3 Å². The van der Waals surface area contributed by atoms with Crippen LogP contribution in [0.2, 0.25) is 0 Å². The molecule has 2 aromatic rings. The number of aromatic nitrogens is 2. The van der Waals surface area contributed by atoms with Crippen molar-refractivity contribution in [3.63, 3.8) is 0 Å². The fourth-order valence-electron chi connectivity index (χ4n) is 3.07. The molecule has 1 aromatic heterocycles. The number of aliphatic hydroxyl groups is 1. The summed E-state index contributed by atoms with van der Waals surface area (Å²) in [5, 5.41) is 10.6. The average Bonchev–Trinajstić information content (AvgIpc) is 2.60. The van der Waals surface area contributed by atoms with Crippen molar-refractivity contribution in [3.05, 3.63) is 24.5 Å². The van der Waals surface area contributed by atoms with Crippen molar-refractivity contribution < 1.29 is 13.5 Å². The summed E-state index contributed by atoms with van der Waals surface area (Å²) in [5.41, 5.74) is 0.737. The van der Waals surface area contributed by atoms with Crippen LogP contribution in [0.1, 0.15) is 13.3 Å². The van der Waals surface area contributed by atoms with Crippen LogP contribution < -0.4 is 4.90 Å². The zero-order chi connectivity index (χ0) is 18.0. The Kier molecular flexibility index (Phi) is 5.21. The van der Waals surface area contributed by atoms with Gasteiger partial charge in [-0.15, -0.1) is 0 Å². The summed E-state index contributed by atoms with van der Waals surface area (Å²) in [7, 11) is -3.28. The van der Waals surface area contributed by atoms with Crippen molar-refractivity contribution >= 4 is 26.6 Å². The number of piperazine rings is 1. The van der Waals surface area contributed by atoms with Crippen molar-refractivity contribution in [1.29, 1.82) is 0 Å². The Labute approximate surface area is 148 Å². The smallest absolute Gasteiger partial charge is 0.175 e. The van der Waals surface area contributed by atoms with Crippen LogP contribution in [0, 0.1) is 0 Å². The van der Waals surface area contributed by atoms with Crippen LogP contribution >= 0.6 is 0 Å². The van der Waals surface area contributed by atoms with Crippen LogP contribution in [0.4, 0.5) is 5.82 Å². The Hall–Kier alpha value is -1.77. The van der Waals surface area contributed by atoms with Gasteiger partial charge in [0.1, 0.15) is 12.1 Å². The Balaban J connectivity index is 1.84. The largest absolute Gasteiger partial charge is 0.392 e. The highest BCUT2D eigenvalue weighted by molar-refractivity contribution is 7.90. The molecule has 3 rings (SSSR count). The van der Waals surface area contributed by atoms with Gasteiger partial charge in [0.2, 0.25) is 0 Å². The van der Waals surface area contributed by atoms with E-state index in [1.807, 2.05) is 6.92 Å². The highest BCUT2D eigenvalue weighted by Gasteiger charge is 2.21. The number of aliphatic hydroxyl groups excluding tert-OH is 1. The number of fused-ring (bicyclic) bond motifs is 1. The first-order valence-electron chi connectivity index (χ1n) is 8.48. The molecule has 1 atom stereocenters. The summed E-state index contributed by atoms with van der Waals surface area (Å²) in [6, 6.07) is 4.97. The molecule has 1 unspecified atom stereocenters. The predicted molar refractivity (Wildman–Crippen MR) is 97.6 cm³/mol. The SMILES string of the molecule is CCC(O)CN1CCN(c2ncnc3ccc(S(C)(=O)=O)cc23)CC1. The van der Waals surface area contributed by atoms with Crippen LogP contribution in [-0.4, -0.2) is 73.5 Å². The van der Waals surface area contributed by atoms with Crippen molar-refractivity contribution in [3.8, 4) is 0 Å². The molecule has 2 heterocycles. The lowest BCUT2D eigenvalue weighted by Gasteiger charge is -2.36. The summed E-state index contributed by atoms with van der Waals surface area (Å²) in [6.07, 6.45) is 3.19. The number of nitrogens with zero attached hydrogens (tertiary/aromatic N) is 4. The van der Waals surface area contributed by atoms with Crippen molar-refractivity contribution in [2.24, 2.45) is 0 Å². The topological polar surface area (TPSA) is 86.6 Å². The van der Waals surface area contributed by atoms with E-state index in [9.17, 15) is 13.5 Å². The van der Waals surface area contributed by atoms with E-state index in [1.165, 1.54) is 12.6 Å². The standard InChI is InChI=1S/C17H24N4O3S/c1-3-13(22)11-20-6-8-21(9-7-20)17-15-10-14(25(2,23)24)4-5-16(15)18-12-19-17/h4-5,10,12-13,22H,3,6-9,11H2,1-2H3. The monoisotopic (exact) mass is 364 g/mol. The van der Waals surface area contributed by atoms with Gasteiger partial charge in [-0.2, -0.15) is 0 Å². The normalized spacial score (nSPS) is 17.8. The quantitative estimate of drug-likeness (QED) is 0.844. The number of hydrogen-bond acceptors (Lipinski definition) is 7. The fraction of sp³-hybridized carbons (Fsp3) is 0.529. The highest BCUT2D eigenvalue weighted by Crippen LogP contribution is 2.26. The van der Waals surface area contributed by atoms with E-state index in [-0.39, 0.29) is 11.0 Å². The zero-order valence-corrected chi connectivity index (χ0v) is 15.4. The molecule has 0 aliphatic carbocycles. The average molecular weight is 364 g/mol. The second-order valence-corrected chi connectivity index (χ2v) is 8.51. The minimum Gasteiger partial charge on any atom is -0.392 e. The minimum absolute atomic E-state index is 0.278. The summed E-state index contributed by atoms with van der Waals surface area (Å²) >= 11 is 0. The molecule has 1 saturated heterocycles. The molecule has 1 aliphatic rings. The molecule has 25 heavy (non-hydrogen) atoms. The van der Waals surface area contributed by atoms with E-state index >= 15 is 0 Å². The van der Waals surface area contributed by atoms with Gasteiger partial charge in [0.25, 0.3) is 0 Å². The van der Waals surface area contributed by atoms with Gasteiger partial charge in [-0.3, -0.25) is 4.90 Å². The lowest BCUT2D eigenvalue weighted by Crippen LogP contribution is -2.48. The Bertz CT molecular complexity index is 848. The predicted octanol–water partition coefficient (Wildman–Crippen LogP) is 0.926. The molecule has 0 amide bonds. The van der Waals surface area contributed by atoms with Gasteiger partial charge in [-0.1, -0.05) is 6.92 Å². The molecular weight excluding hydrogens is 340 g/mol. The maximum atomic E-state index is 11.9. The maximum Gasteiger partial charge on any atom is 0.175 e. The summed E-state index contributed by atoms with van der Waals surface area (Å²) < 4.78 is 23.7. The van der Waals surface area contributed by atoms with Gasteiger partial charge in [-0.25, -0.2) is 18.4 Å². The van der Waals surface area contributed by atoms with Crippen LogP contribution in [0.25, 0.3) is 10.9 Å². The first kappa shape index (κ1) is 18.0. The van der Waals surface area contributed by atoms with Gasteiger partial charge in [0, 0.05) is 44.4 Å². The molecule has 1 N–H and O–H groups in total. The fourth-order valence-corrected chi connectivity index (χ4v) is 3.72. The van der Waals surface area contributed by atoms with Crippen LogP contribution in [-0.2, 0) is 9.84 Å². The van der Waals surface area contributed by atoms with Gasteiger partial charge in [0.15, 0.2) is 9.84 Å². The lowest BCUT2D eigenvalue weighted by atomic mass is 10.2. The molecule has 1 aliphatic heterocycles. The maximum absolute atomic E-state index is 11.9. The first-order chi connectivity index (χ1) is 11.9. The van der Waals surface area contributed by atoms with Crippen molar-refractivity contribution in [2.75, 3.05) is 43.9 Å². The zero-order valence-electron chi connectivity index (χ0n) is 14.6. The molecule has 136 valence electrons. The molecule has 7 nitrogen and oxygen atoms in total. The van der Waals surface area contributed by atoms with Crippen LogP contribution in [0.5, 0.6) is 0 Å². The molecule has 0 saturated carbocycles. The third kappa shape index (κ3) is 4.08. The van der Waals surface area contributed by atoms with Gasteiger partial charge in [-0.05, 0) is 24.6 Å². The minimum atomic E-state index is -3.28. The molecule has 0 radical (unpaired) electrons. The van der Waals surface area contributed by atoms with E-state index in [2.05, 4.69) is 19.8 Å². The molecule has 0 bridgehead atoms. The number of hydrogen-bond donors (Lipinski definition) is 1. The Morgan fingerprint density at radius 3 is 2.56 bits per heavy atom. The van der Waals surface area contributed by atoms with Crippen LogP contribution in [0.15, 0.2) is 29.4 Å². The Morgan fingerprint density at radius 2 is 1.92 bits per heavy atom. The number of sulfone groups is 1. The number of anilines is 1. The van der Waals surface area contributed by atoms with Gasteiger partial charge >= 0.3 is 0 Å². The molecule has 1 fully saturated rings. The first-order valence-corrected chi connectivity index (χ1v) is 10.4. The Morgan fingerprint density at radius 1 is 1.20 bits per heavy atom. The van der Waals surface area contributed by atoms with Crippen molar-refractivity contribution in [1.82, 2.24) is 14.9 Å². The van der Waals surface area contributed by atoms with E-state index in [0.29, 0.717) is 6.54 Å². The summed E-state index contributed by atoms with van der Waals surface area (Å²) in [5.74, 6) is 0.770. The van der Waals surface area contributed by atoms with E-state index in [1.54, 1.807) is 18.2 Å². The summed E-state index contributed by atoms with van der Waals surface area (Å²) in [4.78, 5) is 13.3. The third-order valence-electron chi connectivity index (χ3n) is 4.63. The number of rotatable bonds is 5. The van der Waals surface area contributed by atoms with E-state index in [4.69, 9.17) is 0 Å². The summed E-state index contributed by atoms with van der Waals surface area (Å²) in [6.45, 7) is 5.92. The van der Waals surface area contributed by atoms with Crippen molar-refractivity contribution in [2.45, 2.75) is 24.3 Å². The molecule has 0 spiro atoms. The molecule has 1 aromatic carbocycles. The second-order valence-electron chi connectivity index (χ2n) is 6.50. The van der Waals surface area contributed by atoms with Crippen LogP contribution in [0.3, 0.4) is 0 Å². The van der Waals surface area contributed by atoms with Gasteiger partial charge in [0.05, 0.1) is 16.5 Å². The third-order valence-corrected chi connectivity index (χ3v) is 5.74. The molecule has 8 heteroatoms. The highest BCUT2D eigenvalue weighted by atomic mass is 32.2. The number of β-amino-alcohol motifs (C(OH)–C–C–N with tert-alkyl or cyclic N) is 1. The van der Waals surface area contributed by atoms with E-state index < -0.39 is 9.84 Å². The van der Waals surface area contributed by atoms with Gasteiger partial charge < -0.3 is 10.0 Å².